The number of carbonyl (C=O) groups excluding carboxylic acids is 1. The molecule has 3 aromatic carbocycles. The Morgan fingerprint density at radius 1 is 1.04 bits per heavy atom. The Balaban J connectivity index is 1.71. The average molecular weight is 387 g/mol. The molecule has 0 fully saturated rings. The van der Waals surface area contributed by atoms with Gasteiger partial charge in [0.2, 0.25) is 0 Å². The van der Waals surface area contributed by atoms with Crippen LogP contribution in [0.25, 0.3) is 10.8 Å². The van der Waals surface area contributed by atoms with Gasteiger partial charge in [-0.05, 0) is 58.8 Å². The van der Waals surface area contributed by atoms with Gasteiger partial charge >= 0.3 is 0 Å². The van der Waals surface area contributed by atoms with Gasteiger partial charge in [0.05, 0.1) is 7.11 Å². The van der Waals surface area contributed by atoms with Gasteiger partial charge in [-0.1, -0.05) is 30.0 Å². The summed E-state index contributed by atoms with van der Waals surface area (Å²) in [4.78, 5) is 14.6. The number of carbonyl (C=O) groups is 1. The highest BCUT2D eigenvalue weighted by Crippen LogP contribution is 2.26. The van der Waals surface area contributed by atoms with Crippen molar-refractivity contribution < 1.29 is 18.3 Å². The van der Waals surface area contributed by atoms with Gasteiger partial charge in [0.15, 0.2) is 0 Å². The maximum Gasteiger partial charge on any atom is 0.288 e. The highest BCUT2D eigenvalue weighted by molar-refractivity contribution is 7.99. The highest BCUT2D eigenvalue weighted by Gasteiger charge is 2.13. The molecular weight excluding hydrogens is 368 g/mol. The number of ether oxygens (including phenoxy) is 1. The Hall–Kier alpha value is -2.60. The zero-order chi connectivity index (χ0) is 19.4. The molecule has 0 aromatic heterocycles. The van der Waals surface area contributed by atoms with E-state index in [1.807, 2.05) is 36.4 Å². The van der Waals surface area contributed by atoms with Gasteiger partial charge in [0.1, 0.15) is 5.75 Å². The molecule has 0 aliphatic rings. The van der Waals surface area contributed by atoms with Crippen LogP contribution in [-0.2, 0) is 6.54 Å². The summed E-state index contributed by atoms with van der Waals surface area (Å²) in [6, 6.07) is 18.1. The van der Waals surface area contributed by atoms with Crippen molar-refractivity contribution in [3.8, 4) is 5.75 Å². The molecule has 6 heteroatoms. The minimum absolute atomic E-state index is 0.154. The number of methoxy groups -OCH3 is 1. The highest BCUT2D eigenvalue weighted by atomic mass is 32.2. The van der Waals surface area contributed by atoms with Crippen LogP contribution >= 0.6 is 11.8 Å². The molecule has 0 saturated heterocycles. The lowest BCUT2D eigenvalue weighted by atomic mass is 10.1. The van der Waals surface area contributed by atoms with Crippen molar-refractivity contribution in [2.24, 2.45) is 0 Å². The fraction of sp³-hybridized carbons (Fsp3) is 0.190. The van der Waals surface area contributed by atoms with Crippen LogP contribution in [0.5, 0.6) is 5.75 Å². The Morgan fingerprint density at radius 3 is 2.37 bits per heavy atom. The van der Waals surface area contributed by atoms with E-state index in [-0.39, 0.29) is 5.91 Å². The maximum atomic E-state index is 12.6. The second-order valence-corrected chi connectivity index (χ2v) is 7.17. The molecule has 0 saturated carbocycles. The molecule has 140 valence electrons. The van der Waals surface area contributed by atoms with Crippen LogP contribution < -0.4 is 4.74 Å². The second kappa shape index (κ2) is 8.39. The summed E-state index contributed by atoms with van der Waals surface area (Å²) < 4.78 is 30.0. The van der Waals surface area contributed by atoms with Crippen LogP contribution in [0.1, 0.15) is 15.9 Å². The molecule has 0 bridgehead atoms. The topological polar surface area (TPSA) is 29.5 Å². The molecule has 3 nitrogen and oxygen atoms in total. The largest absolute Gasteiger partial charge is 0.497 e. The number of fused-ring (bicyclic) bond motifs is 1. The summed E-state index contributed by atoms with van der Waals surface area (Å²) in [5.74, 6) is -1.82. The van der Waals surface area contributed by atoms with Crippen LogP contribution in [0.4, 0.5) is 8.78 Å². The van der Waals surface area contributed by atoms with Crippen molar-refractivity contribution in [2.45, 2.75) is 17.2 Å². The third-order valence-electron chi connectivity index (χ3n) is 4.20. The predicted octanol–water partition coefficient (Wildman–Crippen LogP) is 5.44. The number of thioether (sulfide) groups is 1. The summed E-state index contributed by atoms with van der Waals surface area (Å²) in [5, 5.41) is 2.14. The standard InChI is InChI=1S/C21H19F2NO2S/c1-24(20(25)15-6-9-19(10-7-15)27-21(22)23)13-14-3-4-17-12-18(26-2)8-5-16(17)11-14/h3-12,21H,13H2,1-2H3. The van der Waals surface area contributed by atoms with Crippen molar-refractivity contribution in [3.05, 3.63) is 71.8 Å². The Kier molecular flexibility index (Phi) is 5.96. The molecule has 0 atom stereocenters. The fourth-order valence-corrected chi connectivity index (χ4v) is 3.34. The minimum atomic E-state index is -2.47. The van der Waals surface area contributed by atoms with E-state index in [0.717, 1.165) is 22.1 Å². The molecule has 0 spiro atoms. The molecule has 1 amide bonds. The molecule has 0 unspecified atom stereocenters. The lowest BCUT2D eigenvalue weighted by molar-refractivity contribution is 0.0785. The molecule has 3 rings (SSSR count). The number of benzene rings is 3. The number of amides is 1. The number of hydrogen-bond acceptors (Lipinski definition) is 3. The van der Waals surface area contributed by atoms with Crippen molar-refractivity contribution in [1.29, 1.82) is 0 Å². The smallest absolute Gasteiger partial charge is 0.288 e. The number of rotatable bonds is 6. The van der Waals surface area contributed by atoms with E-state index >= 15 is 0 Å². The van der Waals surface area contributed by atoms with E-state index in [1.165, 1.54) is 0 Å². The molecular formula is C21H19F2NO2S. The van der Waals surface area contributed by atoms with E-state index in [2.05, 4.69) is 0 Å². The van der Waals surface area contributed by atoms with Gasteiger partial charge in [0.25, 0.3) is 11.7 Å². The number of halogens is 2. The van der Waals surface area contributed by atoms with Crippen molar-refractivity contribution in [2.75, 3.05) is 14.2 Å². The zero-order valence-electron chi connectivity index (χ0n) is 15.0. The number of alkyl halides is 2. The van der Waals surface area contributed by atoms with E-state index in [1.54, 1.807) is 43.3 Å². The predicted molar refractivity (Wildman–Crippen MR) is 105 cm³/mol. The maximum absolute atomic E-state index is 12.6. The molecule has 0 radical (unpaired) electrons. The van der Waals surface area contributed by atoms with E-state index in [4.69, 9.17) is 4.74 Å². The molecule has 0 aliphatic carbocycles. The summed E-state index contributed by atoms with van der Waals surface area (Å²) in [6.45, 7) is 0.453. The van der Waals surface area contributed by atoms with Crippen LogP contribution in [0.3, 0.4) is 0 Å². The first kappa shape index (κ1) is 19.2. The van der Waals surface area contributed by atoms with E-state index < -0.39 is 5.76 Å². The molecule has 0 aliphatic heterocycles. The minimum Gasteiger partial charge on any atom is -0.497 e. The Labute approximate surface area is 160 Å². The van der Waals surface area contributed by atoms with E-state index in [9.17, 15) is 13.6 Å². The lowest BCUT2D eigenvalue weighted by Gasteiger charge is -2.18. The quantitative estimate of drug-likeness (QED) is 0.528. The lowest BCUT2D eigenvalue weighted by Crippen LogP contribution is -2.26. The molecule has 0 heterocycles. The van der Waals surface area contributed by atoms with Gasteiger partial charge in [-0.15, -0.1) is 0 Å². The summed E-state index contributed by atoms with van der Waals surface area (Å²) in [7, 11) is 3.36. The normalized spacial score (nSPS) is 11.0. The van der Waals surface area contributed by atoms with Crippen LogP contribution in [0.2, 0.25) is 0 Å². The first-order chi connectivity index (χ1) is 13.0. The third kappa shape index (κ3) is 4.77. The SMILES string of the molecule is COc1ccc2cc(CN(C)C(=O)c3ccc(SC(F)F)cc3)ccc2c1. The van der Waals surface area contributed by atoms with E-state index in [0.29, 0.717) is 28.8 Å². The van der Waals surface area contributed by atoms with Crippen molar-refractivity contribution in [3.63, 3.8) is 0 Å². The molecule has 27 heavy (non-hydrogen) atoms. The monoisotopic (exact) mass is 387 g/mol. The third-order valence-corrected chi connectivity index (χ3v) is 4.93. The van der Waals surface area contributed by atoms with Crippen LogP contribution in [-0.4, -0.2) is 30.7 Å². The summed E-state index contributed by atoms with van der Waals surface area (Å²) in [5.41, 5.74) is 1.48. The van der Waals surface area contributed by atoms with Crippen LogP contribution in [0, 0.1) is 0 Å². The van der Waals surface area contributed by atoms with Gasteiger partial charge < -0.3 is 9.64 Å². The summed E-state index contributed by atoms with van der Waals surface area (Å²) >= 11 is 0.466. The number of hydrogen-bond donors (Lipinski definition) is 0. The fourth-order valence-electron chi connectivity index (χ4n) is 2.84. The first-order valence-electron chi connectivity index (χ1n) is 8.33. The Morgan fingerprint density at radius 2 is 1.70 bits per heavy atom. The van der Waals surface area contributed by atoms with Crippen LogP contribution in [0.15, 0.2) is 65.6 Å². The average Bonchev–Trinajstić information content (AvgIpc) is 2.67. The van der Waals surface area contributed by atoms with Gasteiger partial charge in [0, 0.05) is 24.1 Å². The zero-order valence-corrected chi connectivity index (χ0v) is 15.8. The first-order valence-corrected chi connectivity index (χ1v) is 9.21. The second-order valence-electron chi connectivity index (χ2n) is 6.11. The van der Waals surface area contributed by atoms with Gasteiger partial charge in [-0.3, -0.25) is 4.79 Å². The van der Waals surface area contributed by atoms with Gasteiger partial charge in [-0.2, -0.15) is 8.78 Å². The van der Waals surface area contributed by atoms with Crippen molar-refractivity contribution >= 4 is 28.4 Å². The number of nitrogens with zero attached hydrogens (tertiary/aromatic N) is 1. The molecule has 0 N–H and O–H groups in total. The molecule has 3 aromatic rings. The van der Waals surface area contributed by atoms with Gasteiger partial charge in [-0.25, -0.2) is 0 Å². The summed E-state index contributed by atoms with van der Waals surface area (Å²) in [6.07, 6.45) is 0. The Bertz CT molecular complexity index is 945. The van der Waals surface area contributed by atoms with Crippen molar-refractivity contribution in [1.82, 2.24) is 4.90 Å².